The summed E-state index contributed by atoms with van der Waals surface area (Å²) in [5.74, 6) is 1.09. The van der Waals surface area contributed by atoms with Crippen molar-refractivity contribution in [1.82, 2.24) is 9.80 Å². The first-order chi connectivity index (χ1) is 9.47. The Labute approximate surface area is 121 Å². The third-order valence-corrected chi connectivity index (χ3v) is 7.30. The summed E-state index contributed by atoms with van der Waals surface area (Å²) in [6, 6.07) is 0.0903. The molecule has 1 aliphatic carbocycles. The predicted octanol–water partition coefficient (Wildman–Crippen LogP) is 0.506. The highest BCUT2D eigenvalue weighted by atomic mass is 32.2. The summed E-state index contributed by atoms with van der Waals surface area (Å²) in [6.07, 6.45) is 4.42. The lowest BCUT2D eigenvalue weighted by molar-refractivity contribution is -0.131. The summed E-state index contributed by atoms with van der Waals surface area (Å²) in [4.78, 5) is 16.3. The van der Waals surface area contributed by atoms with Gasteiger partial charge in [-0.1, -0.05) is 0 Å². The van der Waals surface area contributed by atoms with E-state index in [1.807, 2.05) is 11.9 Å². The molecule has 2 saturated heterocycles. The van der Waals surface area contributed by atoms with E-state index in [2.05, 4.69) is 4.90 Å². The van der Waals surface area contributed by atoms with Gasteiger partial charge in [0, 0.05) is 32.1 Å². The van der Waals surface area contributed by atoms with Gasteiger partial charge in [-0.15, -0.1) is 0 Å². The number of sulfone groups is 1. The van der Waals surface area contributed by atoms with Crippen LogP contribution in [0.15, 0.2) is 0 Å². The van der Waals surface area contributed by atoms with E-state index in [0.717, 1.165) is 6.42 Å². The van der Waals surface area contributed by atoms with E-state index in [9.17, 15) is 13.2 Å². The van der Waals surface area contributed by atoms with Crippen LogP contribution in [-0.4, -0.2) is 67.9 Å². The van der Waals surface area contributed by atoms with E-state index in [0.29, 0.717) is 38.4 Å². The van der Waals surface area contributed by atoms with Gasteiger partial charge in [0.05, 0.1) is 11.0 Å². The van der Waals surface area contributed by atoms with Crippen LogP contribution in [0.3, 0.4) is 0 Å². The molecule has 2 atom stereocenters. The lowest BCUT2D eigenvalue weighted by Gasteiger charge is -2.37. The zero-order valence-corrected chi connectivity index (χ0v) is 12.9. The van der Waals surface area contributed by atoms with Gasteiger partial charge in [-0.05, 0) is 38.6 Å². The maximum atomic E-state index is 12.2. The van der Waals surface area contributed by atoms with Crippen LogP contribution in [0.5, 0.6) is 0 Å². The van der Waals surface area contributed by atoms with Gasteiger partial charge in [0.15, 0.2) is 9.84 Å². The Hall–Kier alpha value is -0.620. The Balaban J connectivity index is 1.69. The van der Waals surface area contributed by atoms with Gasteiger partial charge in [0.1, 0.15) is 0 Å². The Morgan fingerprint density at radius 1 is 1.10 bits per heavy atom. The van der Waals surface area contributed by atoms with Gasteiger partial charge >= 0.3 is 0 Å². The van der Waals surface area contributed by atoms with Gasteiger partial charge in [-0.3, -0.25) is 4.79 Å². The molecule has 2 aliphatic heterocycles. The van der Waals surface area contributed by atoms with Crippen molar-refractivity contribution >= 4 is 15.7 Å². The van der Waals surface area contributed by atoms with Crippen molar-refractivity contribution in [3.63, 3.8) is 0 Å². The fraction of sp³-hybridized carbons (Fsp3) is 0.929. The molecule has 3 rings (SSSR count). The highest BCUT2D eigenvalue weighted by molar-refractivity contribution is 7.92. The first-order valence-electron chi connectivity index (χ1n) is 7.67. The molecule has 5 nitrogen and oxygen atoms in total. The molecule has 0 N–H and O–H groups in total. The standard InChI is InChI=1S/C14H24N2O3S/c1-15-8-9-20(18,19)13-5-7-16(6-4-12(13)15)14(17)10-11-2-3-11/h11-13H,2-10H2,1H3/t12-,13+/m0/s1. The summed E-state index contributed by atoms with van der Waals surface area (Å²) < 4.78 is 24.5. The number of rotatable bonds is 2. The highest BCUT2D eigenvalue weighted by Gasteiger charge is 2.42. The molecule has 0 radical (unpaired) electrons. The van der Waals surface area contributed by atoms with E-state index >= 15 is 0 Å². The Morgan fingerprint density at radius 3 is 2.50 bits per heavy atom. The molecular formula is C14H24N2O3S. The second-order valence-corrected chi connectivity index (χ2v) is 8.90. The second-order valence-electron chi connectivity index (χ2n) is 6.56. The number of amides is 1. The molecule has 3 aliphatic rings. The summed E-state index contributed by atoms with van der Waals surface area (Å²) in [6.45, 7) is 1.95. The van der Waals surface area contributed by atoms with Gasteiger partial charge in [0.25, 0.3) is 0 Å². The summed E-state index contributed by atoms with van der Waals surface area (Å²) in [5, 5.41) is -0.278. The maximum Gasteiger partial charge on any atom is 0.222 e. The van der Waals surface area contributed by atoms with Crippen LogP contribution in [0, 0.1) is 5.92 Å². The van der Waals surface area contributed by atoms with E-state index in [-0.39, 0.29) is 23.0 Å². The van der Waals surface area contributed by atoms with Crippen LogP contribution in [0.4, 0.5) is 0 Å². The zero-order chi connectivity index (χ0) is 14.3. The van der Waals surface area contributed by atoms with Crippen molar-refractivity contribution in [2.45, 2.75) is 43.4 Å². The molecule has 0 aromatic heterocycles. The van der Waals surface area contributed by atoms with E-state index in [1.54, 1.807) is 0 Å². The largest absolute Gasteiger partial charge is 0.343 e. The average molecular weight is 300 g/mol. The van der Waals surface area contributed by atoms with Crippen LogP contribution in [0.1, 0.15) is 32.1 Å². The van der Waals surface area contributed by atoms with Gasteiger partial charge in [-0.25, -0.2) is 8.42 Å². The minimum Gasteiger partial charge on any atom is -0.343 e. The third kappa shape index (κ3) is 2.86. The lowest BCUT2D eigenvalue weighted by Crippen LogP contribution is -2.52. The molecule has 0 aromatic rings. The molecule has 0 aromatic carbocycles. The first-order valence-corrected chi connectivity index (χ1v) is 9.38. The normalized spacial score (nSPS) is 34.4. The first kappa shape index (κ1) is 14.3. The Kier molecular flexibility index (Phi) is 3.79. The smallest absolute Gasteiger partial charge is 0.222 e. The molecule has 3 fully saturated rings. The van der Waals surface area contributed by atoms with Crippen molar-refractivity contribution in [1.29, 1.82) is 0 Å². The molecule has 1 saturated carbocycles. The number of likely N-dealkylation sites (tertiary alicyclic amines) is 1. The third-order valence-electron chi connectivity index (χ3n) is 5.08. The van der Waals surface area contributed by atoms with Crippen LogP contribution in [-0.2, 0) is 14.6 Å². The molecular weight excluding hydrogens is 276 g/mol. The monoisotopic (exact) mass is 300 g/mol. The molecule has 0 unspecified atom stereocenters. The number of hydrogen-bond acceptors (Lipinski definition) is 4. The lowest BCUT2D eigenvalue weighted by atomic mass is 10.1. The van der Waals surface area contributed by atoms with Crippen molar-refractivity contribution in [3.05, 3.63) is 0 Å². The number of carbonyl (C=O) groups is 1. The summed E-state index contributed by atoms with van der Waals surface area (Å²) in [7, 11) is -0.971. The Bertz CT molecular complexity index is 487. The van der Waals surface area contributed by atoms with Gasteiger partial charge < -0.3 is 9.80 Å². The zero-order valence-electron chi connectivity index (χ0n) is 12.1. The molecule has 2 heterocycles. The van der Waals surface area contributed by atoms with Crippen LogP contribution < -0.4 is 0 Å². The molecule has 0 bridgehead atoms. The highest BCUT2D eigenvalue weighted by Crippen LogP contribution is 2.33. The van der Waals surface area contributed by atoms with Gasteiger partial charge in [-0.2, -0.15) is 0 Å². The molecule has 6 heteroatoms. The van der Waals surface area contributed by atoms with Crippen molar-refractivity contribution in [3.8, 4) is 0 Å². The van der Waals surface area contributed by atoms with Crippen molar-refractivity contribution in [2.75, 3.05) is 32.4 Å². The number of nitrogens with zero attached hydrogens (tertiary/aromatic N) is 2. The molecule has 1 amide bonds. The van der Waals surface area contributed by atoms with Crippen LogP contribution >= 0.6 is 0 Å². The van der Waals surface area contributed by atoms with E-state index in [1.165, 1.54) is 12.8 Å². The van der Waals surface area contributed by atoms with E-state index in [4.69, 9.17) is 0 Å². The Morgan fingerprint density at radius 2 is 1.80 bits per heavy atom. The number of carbonyl (C=O) groups excluding carboxylic acids is 1. The minimum atomic E-state index is -2.98. The molecule has 20 heavy (non-hydrogen) atoms. The predicted molar refractivity (Wildman–Crippen MR) is 77.1 cm³/mol. The quantitative estimate of drug-likeness (QED) is 0.745. The second kappa shape index (κ2) is 5.30. The van der Waals surface area contributed by atoms with Crippen LogP contribution in [0.25, 0.3) is 0 Å². The maximum absolute atomic E-state index is 12.2. The van der Waals surface area contributed by atoms with Gasteiger partial charge in [0.2, 0.25) is 5.91 Å². The fourth-order valence-electron chi connectivity index (χ4n) is 3.52. The molecule has 0 spiro atoms. The van der Waals surface area contributed by atoms with E-state index < -0.39 is 9.84 Å². The van der Waals surface area contributed by atoms with Crippen molar-refractivity contribution < 1.29 is 13.2 Å². The average Bonchev–Trinajstić information content (AvgIpc) is 3.19. The fourth-order valence-corrected chi connectivity index (χ4v) is 5.65. The minimum absolute atomic E-state index is 0.0903. The van der Waals surface area contributed by atoms with Crippen molar-refractivity contribution in [2.24, 2.45) is 5.92 Å². The summed E-state index contributed by atoms with van der Waals surface area (Å²) in [5.41, 5.74) is 0. The summed E-state index contributed by atoms with van der Waals surface area (Å²) >= 11 is 0. The topological polar surface area (TPSA) is 57.7 Å². The molecule has 114 valence electrons. The SMILES string of the molecule is CN1CCS(=O)(=O)[C@@H]2CCN(C(=O)CC3CC3)CC[C@@H]21. The van der Waals surface area contributed by atoms with Crippen LogP contribution in [0.2, 0.25) is 0 Å². The number of fused-ring (bicyclic) bond motifs is 1. The number of hydrogen-bond donors (Lipinski definition) is 0.